The van der Waals surface area contributed by atoms with Crippen LogP contribution in [0.3, 0.4) is 0 Å². The van der Waals surface area contributed by atoms with Crippen molar-refractivity contribution in [2.24, 2.45) is 0 Å². The Bertz CT molecular complexity index is 1160. The van der Waals surface area contributed by atoms with Gasteiger partial charge >= 0.3 is 0 Å². The van der Waals surface area contributed by atoms with Crippen molar-refractivity contribution in [3.05, 3.63) is 88.7 Å². The standard InChI is InChI=1S/C26H28ClN3O3/c1-18(2)30(26(32)21-10-4-5-11-22(21)27)17-24(31)29-15-14-28-13-7-12-23(28)25(29)19-8-6-9-20(16-19)33-3/h4-13,16,18,25H,14-15,17H2,1-3H3. The zero-order chi connectivity index (χ0) is 23.5. The van der Waals surface area contributed by atoms with Crippen LogP contribution in [0.15, 0.2) is 66.9 Å². The van der Waals surface area contributed by atoms with E-state index < -0.39 is 0 Å². The fourth-order valence-electron chi connectivity index (χ4n) is 4.33. The zero-order valence-electron chi connectivity index (χ0n) is 19.1. The molecule has 1 unspecified atom stereocenters. The lowest BCUT2D eigenvalue weighted by Crippen LogP contribution is -2.49. The van der Waals surface area contributed by atoms with Crippen LogP contribution in [0, 0.1) is 0 Å². The van der Waals surface area contributed by atoms with E-state index >= 15 is 0 Å². The second-order valence-corrected chi connectivity index (χ2v) is 8.81. The van der Waals surface area contributed by atoms with Crippen molar-refractivity contribution in [2.75, 3.05) is 20.2 Å². The molecule has 0 bridgehead atoms. The van der Waals surface area contributed by atoms with Crippen LogP contribution in [0.4, 0.5) is 0 Å². The van der Waals surface area contributed by atoms with Gasteiger partial charge in [-0.25, -0.2) is 0 Å². The molecule has 33 heavy (non-hydrogen) atoms. The van der Waals surface area contributed by atoms with E-state index in [0.29, 0.717) is 23.7 Å². The second-order valence-electron chi connectivity index (χ2n) is 8.40. The molecule has 7 heteroatoms. The molecule has 2 heterocycles. The van der Waals surface area contributed by atoms with E-state index in [2.05, 4.69) is 4.57 Å². The van der Waals surface area contributed by atoms with E-state index in [4.69, 9.17) is 16.3 Å². The maximum Gasteiger partial charge on any atom is 0.256 e. The van der Waals surface area contributed by atoms with Crippen molar-refractivity contribution in [1.29, 1.82) is 0 Å². The molecular weight excluding hydrogens is 438 g/mol. The van der Waals surface area contributed by atoms with Crippen LogP contribution in [0.1, 0.15) is 41.5 Å². The van der Waals surface area contributed by atoms with E-state index in [1.165, 1.54) is 0 Å². The fourth-order valence-corrected chi connectivity index (χ4v) is 4.55. The summed E-state index contributed by atoms with van der Waals surface area (Å²) in [5, 5.41) is 0.380. The number of hydrogen-bond donors (Lipinski definition) is 0. The summed E-state index contributed by atoms with van der Waals surface area (Å²) in [5.41, 5.74) is 2.41. The Hall–Kier alpha value is -3.25. The van der Waals surface area contributed by atoms with Gasteiger partial charge in [0, 0.05) is 31.0 Å². The highest BCUT2D eigenvalue weighted by molar-refractivity contribution is 6.33. The predicted molar refractivity (Wildman–Crippen MR) is 129 cm³/mol. The first kappa shape index (κ1) is 22.9. The number of amides is 2. The van der Waals surface area contributed by atoms with Crippen molar-refractivity contribution in [2.45, 2.75) is 32.5 Å². The van der Waals surface area contributed by atoms with Gasteiger partial charge in [-0.2, -0.15) is 0 Å². The minimum Gasteiger partial charge on any atom is -0.497 e. The summed E-state index contributed by atoms with van der Waals surface area (Å²) in [6.45, 7) is 5.04. The first-order valence-corrected chi connectivity index (χ1v) is 11.4. The lowest BCUT2D eigenvalue weighted by atomic mass is 9.99. The van der Waals surface area contributed by atoms with Gasteiger partial charge in [0.25, 0.3) is 5.91 Å². The number of nitrogens with zero attached hydrogens (tertiary/aromatic N) is 3. The average molecular weight is 466 g/mol. The first-order valence-electron chi connectivity index (χ1n) is 11.0. The fraction of sp³-hybridized carbons (Fsp3) is 0.308. The van der Waals surface area contributed by atoms with E-state index in [1.54, 1.807) is 36.3 Å². The lowest BCUT2D eigenvalue weighted by molar-refractivity contribution is -0.135. The Morgan fingerprint density at radius 2 is 1.88 bits per heavy atom. The number of rotatable bonds is 6. The molecule has 0 fully saturated rings. The van der Waals surface area contributed by atoms with Crippen LogP contribution in [-0.2, 0) is 11.3 Å². The third kappa shape index (κ3) is 4.62. The highest BCUT2D eigenvalue weighted by Crippen LogP contribution is 2.34. The zero-order valence-corrected chi connectivity index (χ0v) is 19.8. The number of halogens is 1. The smallest absolute Gasteiger partial charge is 0.256 e. The van der Waals surface area contributed by atoms with Gasteiger partial charge in [0.15, 0.2) is 0 Å². The molecule has 2 aromatic carbocycles. The Labute approximate surface area is 199 Å². The van der Waals surface area contributed by atoms with E-state index in [-0.39, 0.29) is 30.4 Å². The van der Waals surface area contributed by atoms with Gasteiger partial charge in [0.05, 0.1) is 23.7 Å². The van der Waals surface area contributed by atoms with Crippen LogP contribution >= 0.6 is 11.6 Å². The number of carbonyl (C=O) groups excluding carboxylic acids is 2. The number of ether oxygens (including phenoxy) is 1. The van der Waals surface area contributed by atoms with Gasteiger partial charge < -0.3 is 19.1 Å². The third-order valence-electron chi connectivity index (χ3n) is 6.06. The summed E-state index contributed by atoms with van der Waals surface area (Å²) in [7, 11) is 1.63. The van der Waals surface area contributed by atoms with Crippen LogP contribution in [0.2, 0.25) is 5.02 Å². The Morgan fingerprint density at radius 3 is 2.61 bits per heavy atom. The van der Waals surface area contributed by atoms with Gasteiger partial charge in [0.1, 0.15) is 12.3 Å². The van der Waals surface area contributed by atoms with Crippen molar-refractivity contribution < 1.29 is 14.3 Å². The van der Waals surface area contributed by atoms with Crippen molar-refractivity contribution in [3.63, 3.8) is 0 Å². The van der Waals surface area contributed by atoms with Crippen LogP contribution in [0.5, 0.6) is 5.75 Å². The molecule has 6 nitrogen and oxygen atoms in total. The summed E-state index contributed by atoms with van der Waals surface area (Å²) >= 11 is 6.27. The van der Waals surface area contributed by atoms with Gasteiger partial charge in [-0.15, -0.1) is 0 Å². The molecule has 0 saturated carbocycles. The van der Waals surface area contributed by atoms with E-state index in [1.807, 2.05) is 61.3 Å². The topological polar surface area (TPSA) is 54.8 Å². The minimum absolute atomic E-state index is 0.0249. The molecule has 0 saturated heterocycles. The summed E-state index contributed by atoms with van der Waals surface area (Å²) in [5.74, 6) is 0.382. The Morgan fingerprint density at radius 1 is 1.09 bits per heavy atom. The van der Waals surface area contributed by atoms with E-state index in [9.17, 15) is 9.59 Å². The first-order chi connectivity index (χ1) is 15.9. The molecular formula is C26H28ClN3O3. The number of methoxy groups -OCH3 is 1. The number of benzene rings is 2. The second kappa shape index (κ2) is 9.71. The summed E-state index contributed by atoms with van der Waals surface area (Å²) in [6.07, 6.45) is 2.03. The van der Waals surface area contributed by atoms with Crippen molar-refractivity contribution in [3.8, 4) is 5.75 Å². The Kier molecular flexibility index (Phi) is 6.75. The number of aromatic nitrogens is 1. The quantitative estimate of drug-likeness (QED) is 0.533. The highest BCUT2D eigenvalue weighted by Gasteiger charge is 2.34. The molecule has 0 aliphatic carbocycles. The molecule has 1 aliphatic rings. The van der Waals surface area contributed by atoms with Gasteiger partial charge in [-0.1, -0.05) is 35.9 Å². The number of carbonyl (C=O) groups is 2. The molecule has 1 atom stereocenters. The normalized spacial score (nSPS) is 15.3. The van der Waals surface area contributed by atoms with Gasteiger partial charge in [0.2, 0.25) is 5.91 Å². The van der Waals surface area contributed by atoms with Crippen molar-refractivity contribution >= 4 is 23.4 Å². The molecule has 0 spiro atoms. The average Bonchev–Trinajstić information content (AvgIpc) is 3.30. The number of hydrogen-bond acceptors (Lipinski definition) is 3. The van der Waals surface area contributed by atoms with Crippen molar-refractivity contribution in [1.82, 2.24) is 14.4 Å². The summed E-state index contributed by atoms with van der Waals surface area (Å²) < 4.78 is 7.59. The molecule has 1 aliphatic heterocycles. The molecule has 2 amide bonds. The summed E-state index contributed by atoms with van der Waals surface area (Å²) in [4.78, 5) is 30.4. The van der Waals surface area contributed by atoms with Crippen LogP contribution < -0.4 is 4.74 Å². The monoisotopic (exact) mass is 465 g/mol. The molecule has 0 radical (unpaired) electrons. The van der Waals surface area contributed by atoms with Crippen LogP contribution in [0.25, 0.3) is 0 Å². The van der Waals surface area contributed by atoms with Gasteiger partial charge in [-0.3, -0.25) is 9.59 Å². The predicted octanol–water partition coefficient (Wildman–Crippen LogP) is 4.63. The largest absolute Gasteiger partial charge is 0.497 e. The maximum atomic E-state index is 13.7. The highest BCUT2D eigenvalue weighted by atomic mass is 35.5. The minimum atomic E-state index is -0.263. The molecule has 0 N–H and O–H groups in total. The SMILES string of the molecule is COc1cccc(C2c3cccn3CCN2C(=O)CN(C(=O)c2ccccc2Cl)C(C)C)c1. The third-order valence-corrected chi connectivity index (χ3v) is 6.39. The Balaban J connectivity index is 1.65. The summed E-state index contributed by atoms with van der Waals surface area (Å²) in [6, 6.07) is 18.3. The maximum absolute atomic E-state index is 13.7. The lowest BCUT2D eigenvalue weighted by Gasteiger charge is -2.39. The number of fused-ring (bicyclic) bond motifs is 1. The van der Waals surface area contributed by atoms with E-state index in [0.717, 1.165) is 17.0 Å². The molecule has 4 rings (SSSR count). The molecule has 1 aromatic heterocycles. The van der Waals surface area contributed by atoms with Crippen LogP contribution in [-0.4, -0.2) is 52.4 Å². The van der Waals surface area contributed by atoms with Gasteiger partial charge in [-0.05, 0) is 55.8 Å². The molecule has 3 aromatic rings. The molecule has 172 valence electrons.